The molecule has 35 heavy (non-hydrogen) atoms. The number of benzene rings is 1. The fourth-order valence-electron chi connectivity index (χ4n) is 3.80. The van der Waals surface area contributed by atoms with E-state index < -0.39 is 23.5 Å². The largest absolute Gasteiger partial charge is 0.380 e. The van der Waals surface area contributed by atoms with Gasteiger partial charge in [0.25, 0.3) is 11.8 Å². The predicted octanol–water partition coefficient (Wildman–Crippen LogP) is 1.38. The standard InChI is InChI=1S/C23H21N7O5/c1-23(33,22(32)27-14-5-6-15-17(11-14)35-29-20(15)24)19-21(31)30(9-10-34-19)18-4-2-3-16(28-18)13-7-8-25-26-12-13/h2-8,11-12,19,33H,9-10H2,1H3,(H2,24,29)(H,27,32). The number of aliphatic hydroxyl groups is 1. The minimum absolute atomic E-state index is 0.103. The number of aromatic nitrogens is 4. The smallest absolute Gasteiger partial charge is 0.260 e. The second-order valence-electron chi connectivity index (χ2n) is 8.13. The van der Waals surface area contributed by atoms with Gasteiger partial charge in [0.05, 0.1) is 36.6 Å². The number of fused-ring (bicyclic) bond motifs is 1. The molecule has 1 aliphatic rings. The zero-order valence-corrected chi connectivity index (χ0v) is 18.6. The Morgan fingerprint density at radius 2 is 2.11 bits per heavy atom. The number of nitrogen functional groups attached to an aromatic ring is 1. The lowest BCUT2D eigenvalue weighted by Gasteiger charge is -2.38. The average molecular weight is 475 g/mol. The third-order valence-electron chi connectivity index (χ3n) is 5.71. The van der Waals surface area contributed by atoms with E-state index in [1.807, 2.05) is 0 Å². The van der Waals surface area contributed by atoms with E-state index in [9.17, 15) is 14.7 Å². The van der Waals surface area contributed by atoms with Crippen LogP contribution in [0.4, 0.5) is 17.3 Å². The fourth-order valence-corrected chi connectivity index (χ4v) is 3.80. The molecule has 3 aromatic heterocycles. The molecule has 0 bridgehead atoms. The van der Waals surface area contributed by atoms with E-state index in [0.29, 0.717) is 28.2 Å². The van der Waals surface area contributed by atoms with Crippen molar-refractivity contribution >= 4 is 40.1 Å². The zero-order valence-electron chi connectivity index (χ0n) is 18.6. The van der Waals surface area contributed by atoms with Crippen molar-refractivity contribution in [3.8, 4) is 11.3 Å². The molecule has 0 aliphatic carbocycles. The van der Waals surface area contributed by atoms with Gasteiger partial charge in [-0.05, 0) is 37.3 Å². The summed E-state index contributed by atoms with van der Waals surface area (Å²) in [6.45, 7) is 1.54. The average Bonchev–Trinajstić information content (AvgIpc) is 3.24. The molecule has 4 heterocycles. The number of pyridine rings is 1. The van der Waals surface area contributed by atoms with Gasteiger partial charge in [-0.2, -0.15) is 10.2 Å². The van der Waals surface area contributed by atoms with Crippen LogP contribution in [0, 0.1) is 0 Å². The number of amides is 2. The molecule has 1 aliphatic heterocycles. The third kappa shape index (κ3) is 4.16. The summed E-state index contributed by atoms with van der Waals surface area (Å²) in [6, 6.07) is 11.7. The van der Waals surface area contributed by atoms with Gasteiger partial charge >= 0.3 is 0 Å². The lowest BCUT2D eigenvalue weighted by atomic mass is 9.95. The first-order chi connectivity index (χ1) is 16.8. The first-order valence-corrected chi connectivity index (χ1v) is 10.7. The minimum atomic E-state index is -2.18. The summed E-state index contributed by atoms with van der Waals surface area (Å²) in [5.74, 6) is -0.826. The van der Waals surface area contributed by atoms with Gasteiger partial charge in [0.2, 0.25) is 0 Å². The van der Waals surface area contributed by atoms with Crippen LogP contribution in [0.3, 0.4) is 0 Å². The molecule has 12 nitrogen and oxygen atoms in total. The van der Waals surface area contributed by atoms with Crippen molar-refractivity contribution in [2.24, 2.45) is 0 Å². The van der Waals surface area contributed by atoms with Crippen LogP contribution < -0.4 is 16.0 Å². The predicted molar refractivity (Wildman–Crippen MR) is 125 cm³/mol. The Hall–Kier alpha value is -4.42. The van der Waals surface area contributed by atoms with Crippen molar-refractivity contribution in [1.29, 1.82) is 0 Å². The van der Waals surface area contributed by atoms with Crippen molar-refractivity contribution in [1.82, 2.24) is 20.3 Å². The molecule has 2 amide bonds. The van der Waals surface area contributed by atoms with Gasteiger partial charge in [0, 0.05) is 17.3 Å². The highest BCUT2D eigenvalue weighted by Gasteiger charge is 2.48. The molecule has 1 saturated heterocycles. The van der Waals surface area contributed by atoms with Crippen LogP contribution in [0.5, 0.6) is 0 Å². The molecule has 178 valence electrons. The first-order valence-electron chi connectivity index (χ1n) is 10.7. The Morgan fingerprint density at radius 3 is 2.91 bits per heavy atom. The van der Waals surface area contributed by atoms with E-state index in [1.165, 1.54) is 17.9 Å². The highest BCUT2D eigenvalue weighted by atomic mass is 16.5. The van der Waals surface area contributed by atoms with Crippen molar-refractivity contribution < 1.29 is 24.0 Å². The first kappa shape index (κ1) is 22.4. The number of nitrogens with zero attached hydrogens (tertiary/aromatic N) is 5. The van der Waals surface area contributed by atoms with E-state index in [4.69, 9.17) is 15.0 Å². The molecule has 1 aromatic carbocycles. The molecule has 0 saturated carbocycles. The number of nitrogens with two attached hydrogens (primary N) is 1. The number of carbonyl (C=O) groups excluding carboxylic acids is 2. The molecular weight excluding hydrogens is 454 g/mol. The topological polar surface area (TPSA) is 170 Å². The van der Waals surface area contributed by atoms with Gasteiger partial charge in [0.1, 0.15) is 5.82 Å². The number of hydrogen-bond acceptors (Lipinski definition) is 10. The van der Waals surface area contributed by atoms with Crippen LogP contribution in [0.25, 0.3) is 22.2 Å². The van der Waals surface area contributed by atoms with Gasteiger partial charge in [-0.25, -0.2) is 4.98 Å². The maximum absolute atomic E-state index is 13.3. The third-order valence-corrected chi connectivity index (χ3v) is 5.71. The van der Waals surface area contributed by atoms with Crippen LogP contribution in [0.1, 0.15) is 6.92 Å². The van der Waals surface area contributed by atoms with E-state index in [1.54, 1.807) is 48.8 Å². The molecule has 0 spiro atoms. The van der Waals surface area contributed by atoms with Crippen LogP contribution in [-0.4, -0.2) is 62.1 Å². The van der Waals surface area contributed by atoms with E-state index in [2.05, 4.69) is 25.7 Å². The lowest BCUT2D eigenvalue weighted by Crippen LogP contribution is -2.61. The van der Waals surface area contributed by atoms with Crippen molar-refractivity contribution in [3.63, 3.8) is 0 Å². The molecular formula is C23H21N7O5. The fraction of sp³-hybridized carbons (Fsp3) is 0.217. The number of rotatable bonds is 5. The molecule has 12 heteroatoms. The Morgan fingerprint density at radius 1 is 1.26 bits per heavy atom. The molecule has 2 unspecified atom stereocenters. The van der Waals surface area contributed by atoms with Gasteiger partial charge < -0.3 is 25.4 Å². The summed E-state index contributed by atoms with van der Waals surface area (Å²) in [6.07, 6.45) is 1.66. The summed E-state index contributed by atoms with van der Waals surface area (Å²) < 4.78 is 10.7. The van der Waals surface area contributed by atoms with Crippen LogP contribution >= 0.6 is 0 Å². The lowest BCUT2D eigenvalue weighted by molar-refractivity contribution is -0.165. The molecule has 0 radical (unpaired) electrons. The van der Waals surface area contributed by atoms with E-state index >= 15 is 0 Å². The molecule has 4 aromatic rings. The summed E-state index contributed by atoms with van der Waals surface area (Å²) >= 11 is 0. The van der Waals surface area contributed by atoms with E-state index in [-0.39, 0.29) is 19.0 Å². The zero-order chi connectivity index (χ0) is 24.6. The highest BCUT2D eigenvalue weighted by Crippen LogP contribution is 2.28. The number of morpholine rings is 1. The summed E-state index contributed by atoms with van der Waals surface area (Å²) in [4.78, 5) is 32.2. The maximum Gasteiger partial charge on any atom is 0.260 e. The van der Waals surface area contributed by atoms with Crippen molar-refractivity contribution in [3.05, 3.63) is 54.9 Å². The Kier molecular flexibility index (Phi) is 5.59. The Bertz CT molecular complexity index is 1410. The van der Waals surface area contributed by atoms with Crippen molar-refractivity contribution in [2.45, 2.75) is 18.6 Å². The molecule has 2 atom stereocenters. The normalized spacial score (nSPS) is 17.8. The monoisotopic (exact) mass is 475 g/mol. The maximum atomic E-state index is 13.3. The van der Waals surface area contributed by atoms with Gasteiger partial charge in [-0.3, -0.25) is 14.5 Å². The van der Waals surface area contributed by atoms with Crippen LogP contribution in [-0.2, 0) is 14.3 Å². The minimum Gasteiger partial charge on any atom is -0.380 e. The number of ether oxygens (including phenoxy) is 1. The Balaban J connectivity index is 1.36. The number of anilines is 3. The summed E-state index contributed by atoms with van der Waals surface area (Å²) in [5.41, 5.74) is 5.56. The number of nitrogens with one attached hydrogen (secondary N) is 1. The van der Waals surface area contributed by atoms with Crippen molar-refractivity contribution in [2.75, 3.05) is 29.1 Å². The number of carbonyl (C=O) groups is 2. The van der Waals surface area contributed by atoms with Gasteiger partial charge in [0.15, 0.2) is 23.1 Å². The van der Waals surface area contributed by atoms with Crippen LogP contribution in [0.15, 0.2) is 59.4 Å². The van der Waals surface area contributed by atoms with Gasteiger partial charge in [-0.15, -0.1) is 0 Å². The highest BCUT2D eigenvalue weighted by molar-refractivity contribution is 6.06. The second-order valence-corrected chi connectivity index (χ2v) is 8.13. The molecule has 1 fully saturated rings. The van der Waals surface area contributed by atoms with Crippen LogP contribution in [0.2, 0.25) is 0 Å². The Labute approximate surface area is 198 Å². The number of hydrogen-bond donors (Lipinski definition) is 3. The SMILES string of the molecule is CC(O)(C(=O)Nc1ccc2c(N)noc2c1)C1OCCN(c2cccc(-c3ccnnc3)n2)C1=O. The summed E-state index contributed by atoms with van der Waals surface area (Å²) in [5, 5.41) is 25.5. The molecule has 4 N–H and O–H groups in total. The quantitative estimate of drug-likeness (QED) is 0.383. The van der Waals surface area contributed by atoms with E-state index in [0.717, 1.165) is 5.56 Å². The van der Waals surface area contributed by atoms with Gasteiger partial charge in [-0.1, -0.05) is 11.2 Å². The second kappa shape index (κ2) is 8.74. The summed E-state index contributed by atoms with van der Waals surface area (Å²) in [7, 11) is 0. The molecule has 5 rings (SSSR count).